The summed E-state index contributed by atoms with van der Waals surface area (Å²) >= 11 is 0. The molecule has 26 heavy (non-hydrogen) atoms. The fourth-order valence-electron chi connectivity index (χ4n) is 2.40. The number of aryl methyl sites for hydroxylation is 2. The van der Waals surface area contributed by atoms with E-state index in [4.69, 9.17) is 5.73 Å². The van der Waals surface area contributed by atoms with Crippen LogP contribution in [0.4, 0.5) is 5.69 Å². The van der Waals surface area contributed by atoms with E-state index in [1.165, 1.54) is 6.07 Å². The molecule has 2 aromatic rings. The molecule has 0 aliphatic carbocycles. The molecule has 0 bridgehead atoms. The van der Waals surface area contributed by atoms with Crippen molar-refractivity contribution in [2.75, 3.05) is 17.8 Å². The van der Waals surface area contributed by atoms with Gasteiger partial charge < -0.3 is 11.1 Å². The molecule has 1 amide bonds. The van der Waals surface area contributed by atoms with E-state index >= 15 is 0 Å². The number of benzene rings is 2. The summed E-state index contributed by atoms with van der Waals surface area (Å²) in [5.41, 5.74) is 7.84. The van der Waals surface area contributed by atoms with Crippen LogP contribution in [0.2, 0.25) is 0 Å². The average Bonchev–Trinajstić information content (AvgIpc) is 2.59. The van der Waals surface area contributed by atoms with Crippen LogP contribution in [0.15, 0.2) is 47.4 Å². The summed E-state index contributed by atoms with van der Waals surface area (Å²) in [6.45, 7) is 6.41. The lowest BCUT2D eigenvalue weighted by atomic mass is 10.1. The number of sulfonamides is 1. The van der Waals surface area contributed by atoms with Gasteiger partial charge in [-0.05, 0) is 61.7 Å². The van der Waals surface area contributed by atoms with Crippen LogP contribution in [0.5, 0.6) is 0 Å². The van der Waals surface area contributed by atoms with Gasteiger partial charge >= 0.3 is 0 Å². The number of carbonyl (C=O) groups is 1. The molecule has 0 spiro atoms. The highest BCUT2D eigenvalue weighted by atomic mass is 32.2. The number of hydrogen-bond donors (Lipinski definition) is 3. The SMILES string of the molecule is Cc1cccc(NS(=O)(=O)c2cc(C(=O)NCC(C)CN)ccc2C)c1. The summed E-state index contributed by atoms with van der Waals surface area (Å²) in [4.78, 5) is 12.4. The van der Waals surface area contributed by atoms with Gasteiger partial charge in [0.05, 0.1) is 4.90 Å². The van der Waals surface area contributed by atoms with Gasteiger partial charge in [0.1, 0.15) is 0 Å². The maximum atomic E-state index is 12.8. The van der Waals surface area contributed by atoms with Crippen molar-refractivity contribution < 1.29 is 13.2 Å². The first-order valence-corrected chi connectivity index (χ1v) is 9.89. The smallest absolute Gasteiger partial charge is 0.262 e. The minimum atomic E-state index is -3.80. The second-order valence-corrected chi connectivity index (χ2v) is 8.16. The highest BCUT2D eigenvalue weighted by Crippen LogP contribution is 2.21. The standard InChI is InChI=1S/C19H25N3O3S/c1-13-5-4-6-17(9-13)22-26(24,25)18-10-16(8-7-15(18)3)19(23)21-12-14(2)11-20/h4-10,14,22H,11-12,20H2,1-3H3,(H,21,23). The predicted molar refractivity (Wildman–Crippen MR) is 104 cm³/mol. The van der Waals surface area contributed by atoms with Gasteiger partial charge in [0.15, 0.2) is 0 Å². The molecule has 6 nitrogen and oxygen atoms in total. The molecule has 0 aliphatic rings. The summed E-state index contributed by atoms with van der Waals surface area (Å²) < 4.78 is 28.1. The Hall–Kier alpha value is -2.38. The molecule has 140 valence electrons. The van der Waals surface area contributed by atoms with Crippen LogP contribution in [-0.4, -0.2) is 27.4 Å². The van der Waals surface area contributed by atoms with E-state index in [0.29, 0.717) is 29.9 Å². The van der Waals surface area contributed by atoms with E-state index in [2.05, 4.69) is 10.0 Å². The molecule has 0 aromatic heterocycles. The normalized spacial score (nSPS) is 12.5. The van der Waals surface area contributed by atoms with Crippen molar-refractivity contribution in [3.05, 3.63) is 59.2 Å². The van der Waals surface area contributed by atoms with Gasteiger partial charge in [-0.2, -0.15) is 0 Å². The third kappa shape index (κ3) is 5.06. The number of carbonyl (C=O) groups excluding carboxylic acids is 1. The van der Waals surface area contributed by atoms with Crippen LogP contribution in [-0.2, 0) is 10.0 Å². The first-order chi connectivity index (χ1) is 12.2. The molecule has 1 atom stereocenters. The molecular weight excluding hydrogens is 350 g/mol. The maximum absolute atomic E-state index is 12.8. The van der Waals surface area contributed by atoms with Gasteiger partial charge in [0.25, 0.3) is 15.9 Å². The lowest BCUT2D eigenvalue weighted by molar-refractivity contribution is 0.0948. The number of nitrogens with one attached hydrogen (secondary N) is 2. The molecule has 7 heteroatoms. The van der Waals surface area contributed by atoms with Crippen LogP contribution in [0.25, 0.3) is 0 Å². The van der Waals surface area contributed by atoms with Gasteiger partial charge in [-0.15, -0.1) is 0 Å². The van der Waals surface area contributed by atoms with Crippen LogP contribution in [0.1, 0.15) is 28.4 Å². The van der Waals surface area contributed by atoms with Crippen LogP contribution >= 0.6 is 0 Å². The van der Waals surface area contributed by atoms with Crippen molar-refractivity contribution in [3.63, 3.8) is 0 Å². The van der Waals surface area contributed by atoms with Gasteiger partial charge in [0.2, 0.25) is 0 Å². The summed E-state index contributed by atoms with van der Waals surface area (Å²) in [6.07, 6.45) is 0. The predicted octanol–water partition coefficient (Wildman–Crippen LogP) is 2.43. The van der Waals surface area contributed by atoms with Crippen molar-refractivity contribution in [1.82, 2.24) is 5.32 Å². The molecule has 4 N–H and O–H groups in total. The van der Waals surface area contributed by atoms with E-state index in [1.54, 1.807) is 37.3 Å². The second-order valence-electron chi connectivity index (χ2n) is 6.51. The van der Waals surface area contributed by atoms with E-state index in [0.717, 1.165) is 5.56 Å². The fourth-order valence-corrected chi connectivity index (χ4v) is 3.72. The number of hydrogen-bond acceptors (Lipinski definition) is 4. The van der Waals surface area contributed by atoms with Crippen LogP contribution < -0.4 is 15.8 Å². The highest BCUT2D eigenvalue weighted by molar-refractivity contribution is 7.92. The fraction of sp³-hybridized carbons (Fsp3) is 0.316. The molecule has 0 saturated carbocycles. The van der Waals surface area contributed by atoms with E-state index < -0.39 is 10.0 Å². The Balaban J connectivity index is 2.26. The summed E-state index contributed by atoms with van der Waals surface area (Å²) in [5, 5.41) is 2.77. The highest BCUT2D eigenvalue weighted by Gasteiger charge is 2.19. The quantitative estimate of drug-likeness (QED) is 0.692. The number of anilines is 1. The molecular formula is C19H25N3O3S. The van der Waals surface area contributed by atoms with Gasteiger partial charge in [-0.1, -0.05) is 25.1 Å². The Morgan fingerprint density at radius 3 is 2.54 bits per heavy atom. The molecule has 1 unspecified atom stereocenters. The average molecular weight is 375 g/mol. The summed E-state index contributed by atoms with van der Waals surface area (Å²) in [7, 11) is -3.80. The molecule has 0 saturated heterocycles. The third-order valence-corrected chi connectivity index (χ3v) is 5.55. The van der Waals surface area contributed by atoms with E-state index in [-0.39, 0.29) is 16.7 Å². The molecule has 2 rings (SSSR count). The first-order valence-electron chi connectivity index (χ1n) is 8.41. The molecule has 0 heterocycles. The first kappa shape index (κ1) is 19.9. The third-order valence-electron chi connectivity index (χ3n) is 4.02. The number of amides is 1. The molecule has 2 aromatic carbocycles. The Kier molecular flexibility index (Phi) is 6.39. The van der Waals surface area contributed by atoms with E-state index in [1.807, 2.05) is 19.9 Å². The van der Waals surface area contributed by atoms with Gasteiger partial charge in [0, 0.05) is 17.8 Å². The zero-order chi connectivity index (χ0) is 19.3. The van der Waals surface area contributed by atoms with Crippen molar-refractivity contribution in [3.8, 4) is 0 Å². The van der Waals surface area contributed by atoms with Gasteiger partial charge in [-0.25, -0.2) is 8.42 Å². The zero-order valence-corrected chi connectivity index (χ0v) is 16.1. The Morgan fingerprint density at radius 2 is 1.88 bits per heavy atom. The van der Waals surface area contributed by atoms with Crippen molar-refractivity contribution in [2.45, 2.75) is 25.7 Å². The maximum Gasteiger partial charge on any atom is 0.262 e. The van der Waals surface area contributed by atoms with Crippen molar-refractivity contribution >= 4 is 21.6 Å². The van der Waals surface area contributed by atoms with Crippen LogP contribution in [0, 0.1) is 19.8 Å². The summed E-state index contributed by atoms with van der Waals surface area (Å²) in [6, 6.07) is 11.7. The lowest BCUT2D eigenvalue weighted by Crippen LogP contribution is -2.31. The Morgan fingerprint density at radius 1 is 1.15 bits per heavy atom. The van der Waals surface area contributed by atoms with Gasteiger partial charge in [-0.3, -0.25) is 9.52 Å². The second kappa shape index (κ2) is 8.33. The molecule has 0 fully saturated rings. The zero-order valence-electron chi connectivity index (χ0n) is 15.2. The monoisotopic (exact) mass is 375 g/mol. The van der Waals surface area contributed by atoms with E-state index in [9.17, 15) is 13.2 Å². The Bertz CT molecular complexity index is 895. The lowest BCUT2D eigenvalue weighted by Gasteiger charge is -2.13. The minimum Gasteiger partial charge on any atom is -0.352 e. The molecule has 0 aliphatic heterocycles. The largest absolute Gasteiger partial charge is 0.352 e. The summed E-state index contributed by atoms with van der Waals surface area (Å²) in [5.74, 6) is -0.173. The minimum absolute atomic E-state index is 0.0820. The molecule has 0 radical (unpaired) electrons. The topological polar surface area (TPSA) is 101 Å². The van der Waals surface area contributed by atoms with Crippen molar-refractivity contribution in [1.29, 1.82) is 0 Å². The Labute approximate surface area is 154 Å². The number of nitrogens with two attached hydrogens (primary N) is 1. The number of rotatable bonds is 7. The van der Waals surface area contributed by atoms with Crippen LogP contribution in [0.3, 0.4) is 0 Å². The van der Waals surface area contributed by atoms with Crippen molar-refractivity contribution in [2.24, 2.45) is 11.7 Å².